The van der Waals surface area contributed by atoms with Gasteiger partial charge in [0, 0.05) is 11.5 Å². The van der Waals surface area contributed by atoms with Gasteiger partial charge >= 0.3 is 0 Å². The van der Waals surface area contributed by atoms with Gasteiger partial charge in [-0.2, -0.15) is 0 Å². The maximum absolute atomic E-state index is 12.4. The molecule has 1 heterocycles. The number of nitrogens with one attached hydrogen (secondary N) is 1. The summed E-state index contributed by atoms with van der Waals surface area (Å²) in [5.74, 6) is 2.56. The fourth-order valence-corrected chi connectivity index (χ4v) is 5.56. The first-order valence-corrected chi connectivity index (χ1v) is 8.09. The average molecular weight is 276 g/mol. The molecule has 1 unspecified atom stereocenters. The lowest BCUT2D eigenvalue weighted by Crippen LogP contribution is -2.53. The highest BCUT2D eigenvalue weighted by Crippen LogP contribution is 2.62. The summed E-state index contributed by atoms with van der Waals surface area (Å²) < 4.78 is 5.96. The van der Waals surface area contributed by atoms with E-state index in [1.165, 1.54) is 38.5 Å². The zero-order valence-electron chi connectivity index (χ0n) is 12.4. The van der Waals surface area contributed by atoms with Crippen LogP contribution in [-0.4, -0.2) is 24.1 Å². The number of carbonyl (C=O) groups is 1. The minimum atomic E-state index is -0.284. The van der Waals surface area contributed by atoms with Crippen molar-refractivity contribution < 1.29 is 9.53 Å². The normalized spacial score (nSPS) is 48.0. The average Bonchev–Trinajstić information content (AvgIpc) is 2.68. The Kier molecular flexibility index (Phi) is 2.67. The Morgan fingerprint density at radius 3 is 2.20 bits per heavy atom. The Balaban J connectivity index is 1.60. The van der Waals surface area contributed by atoms with Crippen LogP contribution in [0.1, 0.15) is 52.4 Å². The second-order valence-corrected chi connectivity index (χ2v) is 7.80. The van der Waals surface area contributed by atoms with E-state index in [0.717, 1.165) is 17.8 Å². The SMILES string of the molecule is CC(C)N=C1NC(=O)C(C23CC4CC(CC(C4)C2)C3)O1. The number of nitrogens with zero attached hydrogens (tertiary/aromatic N) is 1. The van der Waals surface area contributed by atoms with Gasteiger partial charge in [0.05, 0.1) is 0 Å². The fraction of sp³-hybridized carbons (Fsp3) is 0.875. The molecule has 1 N–H and O–H groups in total. The molecule has 5 aliphatic rings. The van der Waals surface area contributed by atoms with E-state index in [1.807, 2.05) is 13.8 Å². The molecule has 0 spiro atoms. The van der Waals surface area contributed by atoms with Crippen LogP contribution >= 0.6 is 0 Å². The number of hydrogen-bond donors (Lipinski definition) is 1. The van der Waals surface area contributed by atoms with Gasteiger partial charge in [-0.1, -0.05) is 0 Å². The van der Waals surface area contributed by atoms with Crippen LogP contribution in [0.5, 0.6) is 0 Å². The number of aliphatic imine (C=N–C) groups is 1. The lowest BCUT2D eigenvalue weighted by Gasteiger charge is -2.57. The van der Waals surface area contributed by atoms with E-state index < -0.39 is 0 Å². The molecule has 0 aromatic carbocycles. The Morgan fingerprint density at radius 2 is 1.70 bits per heavy atom. The number of carbonyl (C=O) groups excluding carboxylic acids is 1. The summed E-state index contributed by atoms with van der Waals surface area (Å²) in [5.41, 5.74) is 0.104. The number of ether oxygens (including phenoxy) is 1. The largest absolute Gasteiger partial charge is 0.451 e. The Bertz CT molecular complexity index is 434. The van der Waals surface area contributed by atoms with Gasteiger partial charge in [0.25, 0.3) is 11.9 Å². The maximum Gasteiger partial charge on any atom is 0.292 e. The molecular formula is C16H24N2O2. The van der Waals surface area contributed by atoms with Crippen molar-refractivity contribution in [1.29, 1.82) is 0 Å². The van der Waals surface area contributed by atoms with Crippen LogP contribution in [0.2, 0.25) is 0 Å². The number of amidine groups is 1. The zero-order chi connectivity index (χ0) is 13.9. The molecule has 20 heavy (non-hydrogen) atoms. The molecular weight excluding hydrogens is 252 g/mol. The third kappa shape index (κ3) is 1.87. The summed E-state index contributed by atoms with van der Waals surface area (Å²) in [6.07, 6.45) is 7.44. The molecule has 4 heteroatoms. The summed E-state index contributed by atoms with van der Waals surface area (Å²) in [6, 6.07) is 0.603. The number of rotatable bonds is 2. The van der Waals surface area contributed by atoms with Gasteiger partial charge in [-0.05, 0) is 70.1 Å². The molecule has 4 nitrogen and oxygen atoms in total. The molecule has 5 fully saturated rings. The fourth-order valence-electron chi connectivity index (χ4n) is 5.56. The molecule has 0 aromatic heterocycles. The number of hydrogen-bond acceptors (Lipinski definition) is 3. The molecule has 4 aliphatic carbocycles. The van der Waals surface area contributed by atoms with Gasteiger partial charge in [0.1, 0.15) is 0 Å². The molecule has 0 aromatic rings. The zero-order valence-corrected chi connectivity index (χ0v) is 12.4. The van der Waals surface area contributed by atoms with Crippen LogP contribution in [0.25, 0.3) is 0 Å². The van der Waals surface area contributed by atoms with Crippen molar-refractivity contribution in [1.82, 2.24) is 5.32 Å². The van der Waals surface area contributed by atoms with Crippen LogP contribution in [0.3, 0.4) is 0 Å². The first-order valence-electron chi connectivity index (χ1n) is 8.09. The van der Waals surface area contributed by atoms with Crippen LogP contribution in [0, 0.1) is 23.2 Å². The second kappa shape index (κ2) is 4.22. The van der Waals surface area contributed by atoms with Gasteiger partial charge in [0.15, 0.2) is 6.10 Å². The monoisotopic (exact) mass is 276 g/mol. The van der Waals surface area contributed by atoms with Crippen molar-refractivity contribution in [3.05, 3.63) is 0 Å². The van der Waals surface area contributed by atoms with Crippen LogP contribution in [0.15, 0.2) is 4.99 Å². The summed E-state index contributed by atoms with van der Waals surface area (Å²) in [4.78, 5) is 16.7. The highest BCUT2D eigenvalue weighted by atomic mass is 16.5. The predicted octanol–water partition coefficient (Wildman–Crippen LogP) is 2.48. The van der Waals surface area contributed by atoms with E-state index in [2.05, 4.69) is 10.3 Å². The van der Waals surface area contributed by atoms with Gasteiger partial charge in [-0.25, -0.2) is 4.99 Å². The van der Waals surface area contributed by atoms with Crippen molar-refractivity contribution in [3.8, 4) is 0 Å². The Hall–Kier alpha value is -1.06. The van der Waals surface area contributed by atoms with Gasteiger partial charge in [0.2, 0.25) is 0 Å². The predicted molar refractivity (Wildman–Crippen MR) is 76.2 cm³/mol. The molecule has 1 amide bonds. The molecule has 1 aliphatic heterocycles. The van der Waals surface area contributed by atoms with E-state index in [1.54, 1.807) is 0 Å². The summed E-state index contributed by atoms with van der Waals surface area (Å²) in [7, 11) is 0. The second-order valence-electron chi connectivity index (χ2n) is 7.80. The molecule has 4 saturated carbocycles. The van der Waals surface area contributed by atoms with Crippen LogP contribution in [0.4, 0.5) is 0 Å². The van der Waals surface area contributed by atoms with Crippen LogP contribution < -0.4 is 5.32 Å². The van der Waals surface area contributed by atoms with Crippen molar-refractivity contribution in [2.75, 3.05) is 0 Å². The first kappa shape index (κ1) is 12.7. The van der Waals surface area contributed by atoms with Crippen molar-refractivity contribution >= 4 is 11.9 Å². The summed E-state index contributed by atoms with van der Waals surface area (Å²) >= 11 is 0. The van der Waals surface area contributed by atoms with Crippen LogP contribution in [-0.2, 0) is 9.53 Å². The van der Waals surface area contributed by atoms with Gasteiger partial charge in [-0.3, -0.25) is 10.1 Å². The highest BCUT2D eigenvalue weighted by Gasteiger charge is 2.58. The topological polar surface area (TPSA) is 50.7 Å². The summed E-state index contributed by atoms with van der Waals surface area (Å²) in [6.45, 7) is 4.00. The molecule has 0 radical (unpaired) electrons. The van der Waals surface area contributed by atoms with Gasteiger partial charge in [-0.15, -0.1) is 0 Å². The number of amides is 1. The maximum atomic E-state index is 12.4. The van der Waals surface area contributed by atoms with E-state index in [4.69, 9.17) is 4.74 Å². The Morgan fingerprint density at radius 1 is 1.15 bits per heavy atom. The quantitative estimate of drug-likeness (QED) is 0.842. The van der Waals surface area contributed by atoms with E-state index in [-0.39, 0.29) is 23.5 Å². The molecule has 5 rings (SSSR count). The minimum Gasteiger partial charge on any atom is -0.451 e. The van der Waals surface area contributed by atoms with Crippen molar-refractivity contribution in [3.63, 3.8) is 0 Å². The standard InChI is InChI=1S/C16H24N2O2/c1-9(2)17-15-18-14(19)13(20-15)16-6-10-3-11(7-16)5-12(4-10)8-16/h9-13H,3-8H2,1-2H3,(H,17,18,19). The molecule has 4 bridgehead atoms. The third-order valence-corrected chi connectivity index (χ3v) is 5.71. The lowest BCUT2D eigenvalue weighted by molar-refractivity contribution is -0.144. The highest BCUT2D eigenvalue weighted by molar-refractivity contribution is 6.02. The smallest absolute Gasteiger partial charge is 0.292 e. The Labute approximate surface area is 120 Å². The molecule has 110 valence electrons. The van der Waals surface area contributed by atoms with E-state index in [9.17, 15) is 4.79 Å². The molecule has 1 saturated heterocycles. The van der Waals surface area contributed by atoms with E-state index in [0.29, 0.717) is 6.02 Å². The van der Waals surface area contributed by atoms with Gasteiger partial charge < -0.3 is 4.74 Å². The third-order valence-electron chi connectivity index (χ3n) is 5.71. The molecule has 1 atom stereocenters. The minimum absolute atomic E-state index is 0.0475. The van der Waals surface area contributed by atoms with E-state index >= 15 is 0 Å². The summed E-state index contributed by atoms with van der Waals surface area (Å²) in [5, 5.41) is 2.85. The lowest BCUT2D eigenvalue weighted by atomic mass is 9.48. The first-order chi connectivity index (χ1) is 9.54. The van der Waals surface area contributed by atoms with Crippen molar-refractivity contribution in [2.24, 2.45) is 28.2 Å². The van der Waals surface area contributed by atoms with Crippen molar-refractivity contribution in [2.45, 2.75) is 64.5 Å².